The highest BCUT2D eigenvalue weighted by Gasteiger charge is 2.22. The van der Waals surface area contributed by atoms with E-state index in [1.807, 2.05) is 45.0 Å². The molecular formula is C17H20N2O2. The van der Waals surface area contributed by atoms with Crippen molar-refractivity contribution < 1.29 is 9.90 Å². The number of aliphatic carboxylic acids is 1. The number of aromatic nitrogens is 2. The second-order valence-electron chi connectivity index (χ2n) is 5.60. The molecule has 0 radical (unpaired) electrons. The summed E-state index contributed by atoms with van der Waals surface area (Å²) in [5.41, 5.74) is 3.60. The predicted molar refractivity (Wildman–Crippen MR) is 81.4 cm³/mol. The molecule has 0 fully saturated rings. The SMILES string of the molecule is Cc1ccc(CC(C(=O)O)c2cc(C(C)C)ncn2)cc1. The maximum absolute atomic E-state index is 11.6. The molecule has 1 heterocycles. The zero-order valence-corrected chi connectivity index (χ0v) is 12.6. The van der Waals surface area contributed by atoms with Gasteiger partial charge in [0.05, 0.1) is 5.69 Å². The number of aryl methyl sites for hydroxylation is 1. The van der Waals surface area contributed by atoms with Crippen molar-refractivity contribution >= 4 is 5.97 Å². The van der Waals surface area contributed by atoms with Crippen molar-refractivity contribution in [2.45, 2.75) is 39.0 Å². The van der Waals surface area contributed by atoms with Crippen LogP contribution in [0.3, 0.4) is 0 Å². The topological polar surface area (TPSA) is 63.1 Å². The van der Waals surface area contributed by atoms with Gasteiger partial charge in [0, 0.05) is 5.69 Å². The molecule has 2 rings (SSSR count). The number of rotatable bonds is 5. The number of hydrogen-bond acceptors (Lipinski definition) is 3. The number of hydrogen-bond donors (Lipinski definition) is 1. The molecule has 1 aromatic carbocycles. The molecule has 2 aromatic rings. The van der Waals surface area contributed by atoms with Crippen molar-refractivity contribution in [3.05, 3.63) is 59.2 Å². The molecule has 0 amide bonds. The Kier molecular flexibility index (Phi) is 4.68. The highest BCUT2D eigenvalue weighted by molar-refractivity contribution is 5.75. The van der Waals surface area contributed by atoms with Gasteiger partial charge in [0.15, 0.2) is 0 Å². The second-order valence-corrected chi connectivity index (χ2v) is 5.60. The fourth-order valence-electron chi connectivity index (χ4n) is 2.17. The Bertz CT molecular complexity index is 621. The van der Waals surface area contributed by atoms with E-state index >= 15 is 0 Å². The average molecular weight is 284 g/mol. The largest absolute Gasteiger partial charge is 0.481 e. The molecule has 0 saturated carbocycles. The normalized spacial score (nSPS) is 12.4. The van der Waals surface area contributed by atoms with Crippen LogP contribution in [0.1, 0.15) is 48.2 Å². The fraction of sp³-hybridized carbons (Fsp3) is 0.353. The predicted octanol–water partition coefficient (Wildman–Crippen LogP) is 3.32. The lowest BCUT2D eigenvalue weighted by molar-refractivity contribution is -0.138. The molecule has 110 valence electrons. The maximum Gasteiger partial charge on any atom is 0.312 e. The van der Waals surface area contributed by atoms with E-state index in [2.05, 4.69) is 9.97 Å². The fourth-order valence-corrected chi connectivity index (χ4v) is 2.17. The van der Waals surface area contributed by atoms with Crippen LogP contribution in [0.15, 0.2) is 36.7 Å². The number of carbonyl (C=O) groups is 1. The lowest BCUT2D eigenvalue weighted by atomic mass is 9.94. The highest BCUT2D eigenvalue weighted by Crippen LogP contribution is 2.22. The third-order valence-electron chi connectivity index (χ3n) is 3.52. The van der Waals surface area contributed by atoms with Gasteiger partial charge in [-0.1, -0.05) is 43.7 Å². The van der Waals surface area contributed by atoms with Crippen LogP contribution in [0.4, 0.5) is 0 Å². The number of carboxylic acids is 1. The molecular weight excluding hydrogens is 264 g/mol. The molecule has 0 aliphatic heterocycles. The van der Waals surface area contributed by atoms with E-state index < -0.39 is 11.9 Å². The van der Waals surface area contributed by atoms with Crippen molar-refractivity contribution in [3.63, 3.8) is 0 Å². The quantitative estimate of drug-likeness (QED) is 0.914. The minimum atomic E-state index is -0.857. The van der Waals surface area contributed by atoms with Crippen molar-refractivity contribution in [1.82, 2.24) is 9.97 Å². The Morgan fingerprint density at radius 2 is 1.76 bits per heavy atom. The smallest absolute Gasteiger partial charge is 0.312 e. The molecule has 1 atom stereocenters. The minimum Gasteiger partial charge on any atom is -0.481 e. The van der Waals surface area contributed by atoms with Gasteiger partial charge in [-0.25, -0.2) is 9.97 Å². The van der Waals surface area contributed by atoms with Crippen LogP contribution in [0, 0.1) is 6.92 Å². The van der Waals surface area contributed by atoms with E-state index in [1.165, 1.54) is 6.33 Å². The first-order valence-electron chi connectivity index (χ1n) is 7.07. The first-order chi connectivity index (χ1) is 9.97. The summed E-state index contributed by atoms with van der Waals surface area (Å²) in [5.74, 6) is -1.25. The van der Waals surface area contributed by atoms with E-state index in [0.29, 0.717) is 12.1 Å². The van der Waals surface area contributed by atoms with E-state index in [4.69, 9.17) is 0 Å². The van der Waals surface area contributed by atoms with E-state index in [9.17, 15) is 9.90 Å². The first-order valence-corrected chi connectivity index (χ1v) is 7.07. The van der Waals surface area contributed by atoms with Gasteiger partial charge in [0.2, 0.25) is 0 Å². The summed E-state index contributed by atoms with van der Waals surface area (Å²) in [6.07, 6.45) is 1.89. The molecule has 21 heavy (non-hydrogen) atoms. The van der Waals surface area contributed by atoms with Crippen LogP contribution in [-0.2, 0) is 11.2 Å². The monoisotopic (exact) mass is 284 g/mol. The van der Waals surface area contributed by atoms with Crippen molar-refractivity contribution in [2.75, 3.05) is 0 Å². The second kappa shape index (κ2) is 6.48. The Balaban J connectivity index is 2.28. The third kappa shape index (κ3) is 3.88. The lowest BCUT2D eigenvalue weighted by Gasteiger charge is -2.14. The Hall–Kier alpha value is -2.23. The van der Waals surface area contributed by atoms with E-state index in [0.717, 1.165) is 16.8 Å². The Morgan fingerprint density at radius 3 is 2.33 bits per heavy atom. The van der Waals surface area contributed by atoms with Gasteiger partial charge in [-0.15, -0.1) is 0 Å². The van der Waals surface area contributed by atoms with Crippen LogP contribution < -0.4 is 0 Å². The van der Waals surface area contributed by atoms with Gasteiger partial charge in [-0.3, -0.25) is 4.79 Å². The van der Waals surface area contributed by atoms with Gasteiger partial charge < -0.3 is 5.11 Å². The maximum atomic E-state index is 11.6. The van der Waals surface area contributed by atoms with Crippen molar-refractivity contribution in [3.8, 4) is 0 Å². The van der Waals surface area contributed by atoms with E-state index in [-0.39, 0.29) is 5.92 Å². The zero-order chi connectivity index (χ0) is 15.4. The number of benzene rings is 1. The molecule has 0 spiro atoms. The summed E-state index contributed by atoms with van der Waals surface area (Å²) < 4.78 is 0. The molecule has 0 aliphatic rings. The van der Waals surface area contributed by atoms with Crippen LogP contribution in [0.25, 0.3) is 0 Å². The van der Waals surface area contributed by atoms with Gasteiger partial charge >= 0.3 is 5.97 Å². The van der Waals surface area contributed by atoms with Crippen molar-refractivity contribution in [1.29, 1.82) is 0 Å². The molecule has 1 aromatic heterocycles. The minimum absolute atomic E-state index is 0.251. The van der Waals surface area contributed by atoms with Crippen LogP contribution >= 0.6 is 0 Å². The Labute approximate surface area is 124 Å². The summed E-state index contributed by atoms with van der Waals surface area (Å²) in [4.78, 5) is 20.0. The van der Waals surface area contributed by atoms with Gasteiger partial charge in [0.1, 0.15) is 12.2 Å². The standard InChI is InChI=1S/C17H20N2O2/c1-11(2)15-9-16(19-10-18-15)14(17(20)21)8-13-6-4-12(3)5-7-13/h4-7,9-11,14H,8H2,1-3H3,(H,20,21). The molecule has 4 heteroatoms. The van der Waals surface area contributed by atoms with Crippen LogP contribution in [-0.4, -0.2) is 21.0 Å². The highest BCUT2D eigenvalue weighted by atomic mass is 16.4. The van der Waals surface area contributed by atoms with Crippen molar-refractivity contribution in [2.24, 2.45) is 0 Å². The van der Waals surface area contributed by atoms with Crippen LogP contribution in [0.2, 0.25) is 0 Å². The summed E-state index contributed by atoms with van der Waals surface area (Å²) in [6, 6.07) is 9.73. The summed E-state index contributed by atoms with van der Waals surface area (Å²) >= 11 is 0. The molecule has 4 nitrogen and oxygen atoms in total. The van der Waals surface area contributed by atoms with Gasteiger partial charge in [-0.05, 0) is 30.9 Å². The molecule has 0 bridgehead atoms. The lowest BCUT2D eigenvalue weighted by Crippen LogP contribution is -2.16. The molecule has 1 unspecified atom stereocenters. The Morgan fingerprint density at radius 1 is 1.14 bits per heavy atom. The first kappa shape index (κ1) is 15.2. The van der Waals surface area contributed by atoms with Gasteiger partial charge in [-0.2, -0.15) is 0 Å². The third-order valence-corrected chi connectivity index (χ3v) is 3.52. The number of nitrogens with zero attached hydrogens (tertiary/aromatic N) is 2. The zero-order valence-electron chi connectivity index (χ0n) is 12.6. The van der Waals surface area contributed by atoms with Gasteiger partial charge in [0.25, 0.3) is 0 Å². The van der Waals surface area contributed by atoms with E-state index in [1.54, 1.807) is 6.07 Å². The molecule has 0 saturated heterocycles. The average Bonchev–Trinajstić information content (AvgIpc) is 2.46. The molecule has 0 aliphatic carbocycles. The summed E-state index contributed by atoms with van der Waals surface area (Å²) in [5, 5.41) is 9.51. The summed E-state index contributed by atoms with van der Waals surface area (Å²) in [6.45, 7) is 6.07. The summed E-state index contributed by atoms with van der Waals surface area (Å²) in [7, 11) is 0. The number of carboxylic acid groups (broad SMARTS) is 1. The van der Waals surface area contributed by atoms with Crippen LogP contribution in [0.5, 0.6) is 0 Å². The molecule has 1 N–H and O–H groups in total.